The molecule has 0 unspecified atom stereocenters. The van der Waals surface area contributed by atoms with Crippen LogP contribution in [0.5, 0.6) is 17.5 Å². The lowest BCUT2D eigenvalue weighted by Crippen LogP contribution is -2.37. The summed E-state index contributed by atoms with van der Waals surface area (Å²) in [6.45, 7) is -0.269. The molecule has 0 saturated heterocycles. The molecule has 44 heavy (non-hydrogen) atoms. The number of anilines is 1. The van der Waals surface area contributed by atoms with Crippen molar-refractivity contribution in [3.63, 3.8) is 0 Å². The fourth-order valence-corrected chi connectivity index (χ4v) is 4.98. The zero-order valence-electron chi connectivity index (χ0n) is 24.7. The maximum atomic E-state index is 13.0. The van der Waals surface area contributed by atoms with Crippen LogP contribution in [0.1, 0.15) is 21.5 Å². The number of halogens is 2. The highest BCUT2D eigenvalue weighted by Crippen LogP contribution is 2.36. The Balaban J connectivity index is 1.41. The number of hydrogen-bond acceptors (Lipinski definition) is 7. The van der Waals surface area contributed by atoms with E-state index in [1.807, 2.05) is 19.2 Å². The Morgan fingerprint density at radius 1 is 1.05 bits per heavy atom. The molecular weight excluding hydrogens is 609 g/mol. The molecule has 11 nitrogen and oxygen atoms in total. The molecule has 0 atom stereocenters. The van der Waals surface area contributed by atoms with E-state index in [4.69, 9.17) is 37.4 Å². The Morgan fingerprint density at radius 2 is 1.82 bits per heavy atom. The molecule has 0 aliphatic rings. The van der Waals surface area contributed by atoms with Gasteiger partial charge >= 0.3 is 0 Å². The van der Waals surface area contributed by atoms with Crippen molar-refractivity contribution in [2.45, 2.75) is 6.61 Å². The normalized spacial score (nSPS) is 11.0. The molecule has 4 rings (SSSR count). The minimum absolute atomic E-state index is 0.0158. The number of benzene rings is 3. The van der Waals surface area contributed by atoms with Gasteiger partial charge in [-0.1, -0.05) is 35.3 Å². The second-order valence-corrected chi connectivity index (χ2v) is 10.3. The largest absolute Gasteiger partial charge is 0.496 e. The van der Waals surface area contributed by atoms with Crippen LogP contribution in [0.2, 0.25) is 10.0 Å². The quantitative estimate of drug-likeness (QED) is 0.229. The SMILES string of the molecule is CNC(=O)c1ccc(C=CC(=O)NCC(=O)N(C)c2ccc(Cl)c(COc3cccc4c3nc(OC)n4C)c2Cl)cc1OC. The number of likely N-dealkylation sites (N-methyl/N-ethyl adjacent to an activating group) is 1. The van der Waals surface area contributed by atoms with Crippen LogP contribution in [0, 0.1) is 0 Å². The number of nitrogens with one attached hydrogen (secondary N) is 2. The van der Waals surface area contributed by atoms with E-state index < -0.39 is 11.8 Å². The minimum Gasteiger partial charge on any atom is -0.496 e. The molecule has 1 heterocycles. The second-order valence-electron chi connectivity index (χ2n) is 9.47. The van der Waals surface area contributed by atoms with Crippen LogP contribution < -0.4 is 29.7 Å². The number of amides is 3. The molecule has 13 heteroatoms. The summed E-state index contributed by atoms with van der Waals surface area (Å²) in [5, 5.41) is 5.71. The third-order valence-corrected chi connectivity index (χ3v) is 7.60. The molecule has 0 fully saturated rings. The number of carbonyl (C=O) groups is 3. The van der Waals surface area contributed by atoms with Crippen LogP contribution in [0.4, 0.5) is 5.69 Å². The summed E-state index contributed by atoms with van der Waals surface area (Å²) in [6, 6.07) is 14.1. The summed E-state index contributed by atoms with van der Waals surface area (Å²) in [5.41, 5.74) is 3.32. The molecule has 0 aliphatic heterocycles. The van der Waals surface area contributed by atoms with E-state index in [0.717, 1.165) is 5.52 Å². The summed E-state index contributed by atoms with van der Waals surface area (Å²) >= 11 is 13.2. The van der Waals surface area contributed by atoms with E-state index in [9.17, 15) is 14.4 Å². The lowest BCUT2D eigenvalue weighted by atomic mass is 10.1. The van der Waals surface area contributed by atoms with Gasteiger partial charge in [0.05, 0.1) is 42.6 Å². The summed E-state index contributed by atoms with van der Waals surface area (Å²) in [5.74, 6) is -0.314. The Morgan fingerprint density at radius 3 is 2.52 bits per heavy atom. The van der Waals surface area contributed by atoms with Crippen molar-refractivity contribution in [3.8, 4) is 17.5 Å². The molecule has 0 bridgehead atoms. The first kappa shape index (κ1) is 32.2. The van der Waals surface area contributed by atoms with Crippen molar-refractivity contribution in [2.24, 2.45) is 7.05 Å². The maximum Gasteiger partial charge on any atom is 0.296 e. The van der Waals surface area contributed by atoms with Gasteiger partial charge in [0, 0.05) is 37.8 Å². The average Bonchev–Trinajstić information content (AvgIpc) is 3.37. The first-order chi connectivity index (χ1) is 21.1. The fourth-order valence-electron chi connectivity index (χ4n) is 4.37. The monoisotopic (exact) mass is 639 g/mol. The van der Waals surface area contributed by atoms with E-state index in [2.05, 4.69) is 15.6 Å². The van der Waals surface area contributed by atoms with Crippen LogP contribution >= 0.6 is 23.2 Å². The summed E-state index contributed by atoms with van der Waals surface area (Å²) in [4.78, 5) is 43.2. The van der Waals surface area contributed by atoms with Gasteiger partial charge in [-0.05, 0) is 48.0 Å². The number of aromatic nitrogens is 2. The van der Waals surface area contributed by atoms with Gasteiger partial charge in [-0.2, -0.15) is 4.98 Å². The first-order valence-electron chi connectivity index (χ1n) is 13.3. The van der Waals surface area contributed by atoms with Gasteiger partial charge in [-0.25, -0.2) is 0 Å². The van der Waals surface area contributed by atoms with Crippen LogP contribution in [-0.4, -0.2) is 62.1 Å². The molecule has 3 aromatic carbocycles. The predicted molar refractivity (Wildman–Crippen MR) is 170 cm³/mol. The number of rotatable bonds is 11. The number of carbonyl (C=O) groups excluding carboxylic acids is 3. The maximum absolute atomic E-state index is 13.0. The summed E-state index contributed by atoms with van der Waals surface area (Å²) in [6.07, 6.45) is 2.83. The van der Waals surface area contributed by atoms with Gasteiger partial charge < -0.3 is 29.7 Å². The molecule has 0 aliphatic carbocycles. The molecule has 4 aromatic rings. The number of hydrogen-bond donors (Lipinski definition) is 2. The minimum atomic E-state index is -0.488. The average molecular weight is 641 g/mol. The summed E-state index contributed by atoms with van der Waals surface area (Å²) < 4.78 is 18.5. The number of fused-ring (bicyclic) bond motifs is 1. The van der Waals surface area contributed by atoms with Gasteiger partial charge in [-0.3, -0.25) is 19.0 Å². The number of para-hydroxylation sites is 1. The molecule has 0 radical (unpaired) electrons. The molecule has 2 N–H and O–H groups in total. The van der Waals surface area contributed by atoms with Crippen LogP contribution in [0.15, 0.2) is 54.6 Å². The van der Waals surface area contributed by atoms with Crippen LogP contribution in [-0.2, 0) is 23.2 Å². The Bertz CT molecular complexity index is 1750. The molecule has 1 aromatic heterocycles. The number of nitrogens with zero attached hydrogens (tertiary/aromatic N) is 3. The molecular formula is C31H31Cl2N5O6. The van der Waals surface area contributed by atoms with Gasteiger partial charge in [0.1, 0.15) is 23.6 Å². The van der Waals surface area contributed by atoms with Gasteiger partial charge in [0.25, 0.3) is 11.9 Å². The van der Waals surface area contributed by atoms with Crippen molar-refractivity contribution < 1.29 is 28.6 Å². The van der Waals surface area contributed by atoms with E-state index in [0.29, 0.717) is 50.4 Å². The number of aryl methyl sites for hydroxylation is 1. The van der Waals surface area contributed by atoms with Gasteiger partial charge in [0.2, 0.25) is 11.8 Å². The van der Waals surface area contributed by atoms with Gasteiger partial charge in [-0.15, -0.1) is 0 Å². The molecule has 0 spiro atoms. The van der Waals surface area contributed by atoms with Crippen molar-refractivity contribution in [3.05, 3.63) is 81.3 Å². The number of methoxy groups -OCH3 is 2. The highest BCUT2D eigenvalue weighted by atomic mass is 35.5. The van der Waals surface area contributed by atoms with Crippen molar-refractivity contribution in [1.82, 2.24) is 20.2 Å². The fraction of sp³-hybridized carbons (Fsp3) is 0.226. The first-order valence-corrected chi connectivity index (χ1v) is 14.1. The predicted octanol–water partition coefficient (Wildman–Crippen LogP) is 4.63. The Hall–Kier alpha value is -4.74. The highest BCUT2D eigenvalue weighted by Gasteiger charge is 2.20. The molecule has 3 amide bonds. The van der Waals surface area contributed by atoms with Crippen LogP contribution in [0.25, 0.3) is 17.1 Å². The molecule has 0 saturated carbocycles. The van der Waals surface area contributed by atoms with Crippen molar-refractivity contribution in [1.29, 1.82) is 0 Å². The molecule has 230 valence electrons. The van der Waals surface area contributed by atoms with E-state index in [1.165, 1.54) is 25.1 Å². The highest BCUT2D eigenvalue weighted by molar-refractivity contribution is 6.38. The van der Waals surface area contributed by atoms with Crippen molar-refractivity contribution in [2.75, 3.05) is 39.8 Å². The van der Waals surface area contributed by atoms with E-state index in [-0.39, 0.29) is 24.1 Å². The third kappa shape index (κ3) is 6.90. The zero-order valence-corrected chi connectivity index (χ0v) is 26.2. The van der Waals surface area contributed by atoms with E-state index in [1.54, 1.807) is 61.2 Å². The summed E-state index contributed by atoms with van der Waals surface area (Å²) in [7, 11) is 7.90. The lowest BCUT2D eigenvalue weighted by molar-refractivity contribution is -0.122. The third-order valence-electron chi connectivity index (χ3n) is 6.83. The second kappa shape index (κ2) is 14.2. The van der Waals surface area contributed by atoms with E-state index >= 15 is 0 Å². The zero-order chi connectivity index (χ0) is 32.0. The number of imidazole rings is 1. The smallest absolute Gasteiger partial charge is 0.296 e. The van der Waals surface area contributed by atoms with Crippen LogP contribution in [0.3, 0.4) is 0 Å². The standard InChI is InChI=1S/C31H31Cl2N5O6/c1-34-30(41)19-11-9-18(15-25(19)42-4)10-14-26(39)35-16-27(40)37(2)22-13-12-21(32)20(28(22)33)17-44-24-8-6-7-23-29(24)36-31(43-5)38(23)3/h6-15H,16-17H2,1-5H3,(H,34,41)(H,35,39). The topological polar surface area (TPSA) is 124 Å². The van der Waals surface area contributed by atoms with Crippen molar-refractivity contribution >= 4 is 63.7 Å². The lowest BCUT2D eigenvalue weighted by Gasteiger charge is -2.21. The van der Waals surface area contributed by atoms with Gasteiger partial charge in [0.15, 0.2) is 0 Å². The Labute approximate surface area is 264 Å². The Kier molecular flexibility index (Phi) is 10.4. The number of ether oxygens (including phenoxy) is 3.